The summed E-state index contributed by atoms with van der Waals surface area (Å²) in [5.41, 5.74) is 3.10. The number of carbonyl (C=O) groups excluding carboxylic acids is 2. The lowest BCUT2D eigenvalue weighted by molar-refractivity contribution is -0.130. The Hall–Kier alpha value is -3.15. The number of fused-ring (bicyclic) bond motifs is 2. The van der Waals surface area contributed by atoms with Gasteiger partial charge in [0.2, 0.25) is 0 Å². The van der Waals surface area contributed by atoms with Crippen LogP contribution < -0.4 is 5.32 Å². The lowest BCUT2D eigenvalue weighted by Crippen LogP contribution is -2.42. The molecule has 2 aromatic carbocycles. The van der Waals surface area contributed by atoms with Crippen molar-refractivity contribution in [2.75, 3.05) is 6.54 Å². The molecular formula is C20H17FN2O3. The zero-order chi connectivity index (χ0) is 18.1. The third-order valence-electron chi connectivity index (χ3n) is 4.61. The first kappa shape index (κ1) is 16.3. The topological polar surface area (TPSA) is 71.2 Å². The van der Waals surface area contributed by atoms with E-state index in [1.807, 2.05) is 18.3 Å². The minimum Gasteiger partial charge on any atom is -0.448 e. The number of cyclic esters (lactones) is 1. The molecule has 0 bridgehead atoms. The zero-order valence-corrected chi connectivity index (χ0v) is 13.9. The number of halogens is 1. The second-order valence-electron chi connectivity index (χ2n) is 6.30. The van der Waals surface area contributed by atoms with Gasteiger partial charge in [0.25, 0.3) is 5.91 Å². The lowest BCUT2D eigenvalue weighted by Gasteiger charge is -2.23. The molecule has 2 N–H and O–H groups in total. The molecule has 0 saturated heterocycles. The highest BCUT2D eigenvalue weighted by atomic mass is 19.1. The maximum atomic E-state index is 13.4. The molecule has 1 aromatic heterocycles. The van der Waals surface area contributed by atoms with Crippen LogP contribution in [0.4, 0.5) is 4.39 Å². The summed E-state index contributed by atoms with van der Waals surface area (Å²) < 4.78 is 18.7. The van der Waals surface area contributed by atoms with Crippen molar-refractivity contribution >= 4 is 22.8 Å². The fourth-order valence-corrected chi connectivity index (χ4v) is 3.27. The third kappa shape index (κ3) is 3.06. The monoisotopic (exact) mass is 352 g/mol. The van der Waals surface area contributed by atoms with Crippen LogP contribution in [-0.2, 0) is 22.4 Å². The molecule has 6 heteroatoms. The number of amides is 1. The fraction of sp³-hybridized carbons (Fsp3) is 0.200. The van der Waals surface area contributed by atoms with E-state index >= 15 is 0 Å². The van der Waals surface area contributed by atoms with Gasteiger partial charge in [-0.3, -0.25) is 4.79 Å². The summed E-state index contributed by atoms with van der Waals surface area (Å²) in [6, 6.07) is 11.7. The molecule has 1 amide bonds. The molecule has 1 aliphatic heterocycles. The van der Waals surface area contributed by atoms with Gasteiger partial charge in [-0.15, -0.1) is 0 Å². The Labute approximate surface area is 149 Å². The van der Waals surface area contributed by atoms with E-state index in [4.69, 9.17) is 4.74 Å². The number of hydrogen-bond acceptors (Lipinski definition) is 3. The van der Waals surface area contributed by atoms with Gasteiger partial charge in [-0.05, 0) is 41.8 Å². The summed E-state index contributed by atoms with van der Waals surface area (Å²) in [5, 5.41) is 3.60. The maximum absolute atomic E-state index is 13.4. The van der Waals surface area contributed by atoms with Gasteiger partial charge >= 0.3 is 5.97 Å². The van der Waals surface area contributed by atoms with Crippen molar-refractivity contribution in [2.24, 2.45) is 0 Å². The van der Waals surface area contributed by atoms with Crippen molar-refractivity contribution in [1.82, 2.24) is 10.3 Å². The van der Waals surface area contributed by atoms with Crippen LogP contribution in [0, 0.1) is 5.82 Å². The molecule has 1 atom stereocenters. The first-order chi connectivity index (χ1) is 12.6. The van der Waals surface area contributed by atoms with Crippen LogP contribution in [0.15, 0.2) is 48.7 Å². The minimum absolute atomic E-state index is 0.296. The van der Waals surface area contributed by atoms with Crippen LogP contribution in [0.5, 0.6) is 0 Å². The molecule has 4 rings (SSSR count). The van der Waals surface area contributed by atoms with Gasteiger partial charge in [-0.1, -0.05) is 18.2 Å². The summed E-state index contributed by atoms with van der Waals surface area (Å²) in [6.07, 6.45) is 1.91. The molecule has 0 radical (unpaired) electrons. The molecule has 0 aliphatic carbocycles. The Kier molecular flexibility index (Phi) is 4.16. The molecule has 0 fully saturated rings. The SMILES string of the molecule is O=C1O[C@@H](C(=O)NCCc2c[nH]c3ccc(F)cc23)Cc2ccccc21. The fourth-order valence-electron chi connectivity index (χ4n) is 3.27. The number of aromatic nitrogens is 1. The van der Waals surface area contributed by atoms with Crippen LogP contribution >= 0.6 is 0 Å². The number of benzene rings is 2. The number of ether oxygens (including phenoxy) is 1. The number of rotatable bonds is 4. The number of carbonyl (C=O) groups is 2. The molecule has 132 valence electrons. The quantitative estimate of drug-likeness (QED) is 0.709. The Balaban J connectivity index is 1.38. The number of aromatic amines is 1. The van der Waals surface area contributed by atoms with Gasteiger partial charge in [0, 0.05) is 30.1 Å². The van der Waals surface area contributed by atoms with Gasteiger partial charge in [0.1, 0.15) is 5.82 Å². The van der Waals surface area contributed by atoms with Crippen molar-refractivity contribution in [3.8, 4) is 0 Å². The van der Waals surface area contributed by atoms with E-state index in [1.54, 1.807) is 18.2 Å². The number of hydrogen-bond donors (Lipinski definition) is 2. The summed E-state index contributed by atoms with van der Waals surface area (Å²) >= 11 is 0. The van der Waals surface area contributed by atoms with Crippen LogP contribution in [0.2, 0.25) is 0 Å². The van der Waals surface area contributed by atoms with E-state index in [2.05, 4.69) is 10.3 Å². The summed E-state index contributed by atoms with van der Waals surface area (Å²) in [7, 11) is 0. The molecule has 0 saturated carbocycles. The van der Waals surface area contributed by atoms with Crippen LogP contribution in [0.1, 0.15) is 21.5 Å². The van der Waals surface area contributed by atoms with E-state index in [-0.39, 0.29) is 11.7 Å². The van der Waals surface area contributed by atoms with Crippen molar-refractivity contribution in [1.29, 1.82) is 0 Å². The number of nitrogens with one attached hydrogen (secondary N) is 2. The second kappa shape index (κ2) is 6.63. The van der Waals surface area contributed by atoms with E-state index in [0.717, 1.165) is 22.0 Å². The summed E-state index contributed by atoms with van der Waals surface area (Å²) in [6.45, 7) is 0.373. The van der Waals surface area contributed by atoms with Crippen LogP contribution in [-0.4, -0.2) is 29.5 Å². The molecule has 2 heterocycles. The van der Waals surface area contributed by atoms with Crippen molar-refractivity contribution in [3.63, 3.8) is 0 Å². The number of H-pyrrole nitrogens is 1. The third-order valence-corrected chi connectivity index (χ3v) is 4.61. The predicted molar refractivity (Wildman–Crippen MR) is 94.3 cm³/mol. The van der Waals surface area contributed by atoms with Crippen molar-refractivity contribution in [3.05, 3.63) is 71.2 Å². The molecule has 0 unspecified atom stereocenters. The predicted octanol–water partition coefficient (Wildman–Crippen LogP) is 2.75. The molecule has 0 spiro atoms. The highest BCUT2D eigenvalue weighted by molar-refractivity contribution is 5.95. The van der Waals surface area contributed by atoms with E-state index in [1.165, 1.54) is 12.1 Å². The molecule has 1 aliphatic rings. The molecule has 26 heavy (non-hydrogen) atoms. The highest BCUT2D eigenvalue weighted by Crippen LogP contribution is 2.21. The van der Waals surface area contributed by atoms with Gasteiger partial charge in [-0.2, -0.15) is 0 Å². The minimum atomic E-state index is -0.821. The van der Waals surface area contributed by atoms with Gasteiger partial charge in [0.05, 0.1) is 5.56 Å². The largest absolute Gasteiger partial charge is 0.448 e. The molecule has 3 aromatic rings. The molecular weight excluding hydrogens is 335 g/mol. The van der Waals surface area contributed by atoms with Gasteiger partial charge in [-0.25, -0.2) is 9.18 Å². The lowest BCUT2D eigenvalue weighted by atomic mass is 9.98. The van der Waals surface area contributed by atoms with Gasteiger partial charge in [0.15, 0.2) is 6.10 Å². The number of esters is 1. The van der Waals surface area contributed by atoms with Crippen LogP contribution in [0.3, 0.4) is 0 Å². The Morgan fingerprint density at radius 3 is 3.00 bits per heavy atom. The van der Waals surface area contributed by atoms with Crippen molar-refractivity contribution in [2.45, 2.75) is 18.9 Å². The second-order valence-corrected chi connectivity index (χ2v) is 6.30. The summed E-state index contributed by atoms with van der Waals surface area (Å²) in [5.74, 6) is -1.09. The Morgan fingerprint density at radius 1 is 1.27 bits per heavy atom. The normalized spacial score (nSPS) is 16.2. The first-order valence-corrected chi connectivity index (χ1v) is 8.44. The average molecular weight is 352 g/mol. The smallest absolute Gasteiger partial charge is 0.339 e. The van der Waals surface area contributed by atoms with Crippen LogP contribution in [0.25, 0.3) is 10.9 Å². The van der Waals surface area contributed by atoms with Crippen molar-refractivity contribution < 1.29 is 18.7 Å². The standard InChI is InChI=1S/C20H17FN2O3/c21-14-5-6-17-16(10-14)13(11-23-17)7-8-22-19(24)18-9-12-3-1-2-4-15(12)20(25)26-18/h1-6,10-11,18,23H,7-9H2,(H,22,24)/t18-/m1/s1. The molecule has 5 nitrogen and oxygen atoms in total. The van der Waals surface area contributed by atoms with E-state index in [9.17, 15) is 14.0 Å². The van der Waals surface area contributed by atoms with E-state index in [0.29, 0.717) is 24.9 Å². The van der Waals surface area contributed by atoms with Gasteiger partial charge < -0.3 is 15.0 Å². The Bertz CT molecular complexity index is 996. The highest BCUT2D eigenvalue weighted by Gasteiger charge is 2.30. The van der Waals surface area contributed by atoms with E-state index < -0.39 is 12.1 Å². The average Bonchev–Trinajstić information content (AvgIpc) is 3.04. The maximum Gasteiger partial charge on any atom is 0.339 e. The summed E-state index contributed by atoms with van der Waals surface area (Å²) in [4.78, 5) is 27.4. The zero-order valence-electron chi connectivity index (χ0n) is 13.9. The first-order valence-electron chi connectivity index (χ1n) is 8.44. The Morgan fingerprint density at radius 2 is 2.12 bits per heavy atom.